The summed E-state index contributed by atoms with van der Waals surface area (Å²) in [5, 5.41) is 16.9. The van der Waals surface area contributed by atoms with Crippen LogP contribution in [0.5, 0.6) is 0 Å². The lowest BCUT2D eigenvalue weighted by molar-refractivity contribution is 0.0911. The van der Waals surface area contributed by atoms with Gasteiger partial charge in [-0.05, 0) is 12.8 Å². The van der Waals surface area contributed by atoms with Crippen molar-refractivity contribution in [2.75, 3.05) is 13.2 Å². The zero-order valence-corrected chi connectivity index (χ0v) is 9.13. The monoisotopic (exact) mass is 210 g/mol. The van der Waals surface area contributed by atoms with Crippen LogP contribution in [0.1, 0.15) is 25.1 Å². The van der Waals surface area contributed by atoms with Gasteiger partial charge in [0.25, 0.3) is 0 Å². The minimum atomic E-state index is 0.217. The predicted octanol–water partition coefficient (Wildman–Crippen LogP) is 0.162. The van der Waals surface area contributed by atoms with Gasteiger partial charge in [-0.2, -0.15) is 0 Å². The van der Waals surface area contributed by atoms with E-state index in [4.69, 9.17) is 5.11 Å². The molecule has 84 valence electrons. The fourth-order valence-electron chi connectivity index (χ4n) is 1.90. The second kappa shape index (κ2) is 4.72. The molecule has 1 aromatic heterocycles. The van der Waals surface area contributed by atoms with Crippen molar-refractivity contribution in [1.82, 2.24) is 19.7 Å². The van der Waals surface area contributed by atoms with Crippen LogP contribution in [0, 0.1) is 0 Å². The summed E-state index contributed by atoms with van der Waals surface area (Å²) in [6.07, 6.45) is 5.52. The third-order valence-corrected chi connectivity index (χ3v) is 3.13. The lowest BCUT2D eigenvalue weighted by Gasteiger charge is -2.36. The summed E-state index contributed by atoms with van der Waals surface area (Å²) in [4.78, 5) is 2.30. The summed E-state index contributed by atoms with van der Waals surface area (Å²) < 4.78 is 1.93. The van der Waals surface area contributed by atoms with Gasteiger partial charge >= 0.3 is 0 Å². The minimum Gasteiger partial charge on any atom is -0.395 e. The van der Waals surface area contributed by atoms with Crippen LogP contribution in [0.4, 0.5) is 0 Å². The maximum atomic E-state index is 9.02. The van der Waals surface area contributed by atoms with Gasteiger partial charge in [-0.15, -0.1) is 10.2 Å². The number of aryl methyl sites for hydroxylation is 1. The van der Waals surface area contributed by atoms with Gasteiger partial charge in [-0.1, -0.05) is 6.42 Å². The molecular formula is C10H18N4O. The zero-order chi connectivity index (χ0) is 10.7. The molecule has 0 aliphatic heterocycles. The van der Waals surface area contributed by atoms with Gasteiger partial charge in [0, 0.05) is 19.6 Å². The fourth-order valence-corrected chi connectivity index (χ4v) is 1.90. The molecule has 0 amide bonds. The second-order valence-corrected chi connectivity index (χ2v) is 4.14. The fraction of sp³-hybridized carbons (Fsp3) is 0.800. The minimum absolute atomic E-state index is 0.217. The number of rotatable bonds is 5. The molecule has 1 aliphatic rings. The average Bonchev–Trinajstić information content (AvgIpc) is 2.49. The number of aromatic nitrogens is 3. The van der Waals surface area contributed by atoms with Crippen molar-refractivity contribution >= 4 is 0 Å². The van der Waals surface area contributed by atoms with Crippen LogP contribution in [0.2, 0.25) is 0 Å². The van der Waals surface area contributed by atoms with Gasteiger partial charge in [0.2, 0.25) is 0 Å². The molecule has 0 spiro atoms. The van der Waals surface area contributed by atoms with Crippen molar-refractivity contribution in [2.24, 2.45) is 7.05 Å². The number of nitrogens with zero attached hydrogens (tertiary/aromatic N) is 4. The third-order valence-electron chi connectivity index (χ3n) is 3.13. The molecule has 5 nitrogen and oxygen atoms in total. The highest BCUT2D eigenvalue weighted by atomic mass is 16.3. The smallest absolute Gasteiger partial charge is 0.146 e. The first-order valence-electron chi connectivity index (χ1n) is 5.49. The molecule has 0 radical (unpaired) electrons. The van der Waals surface area contributed by atoms with Crippen LogP contribution < -0.4 is 0 Å². The van der Waals surface area contributed by atoms with E-state index < -0.39 is 0 Å². The Balaban J connectivity index is 1.96. The van der Waals surface area contributed by atoms with Crippen LogP contribution in [0.25, 0.3) is 0 Å². The predicted molar refractivity (Wildman–Crippen MR) is 56.1 cm³/mol. The standard InChI is InChI=1S/C10H18N4O/c1-13-8-11-12-10(13)7-14(5-6-15)9-3-2-4-9/h8-9,15H,2-7H2,1H3. The molecule has 2 rings (SSSR count). The summed E-state index contributed by atoms with van der Waals surface area (Å²) in [5.74, 6) is 0.968. The van der Waals surface area contributed by atoms with Crippen LogP contribution in [0.3, 0.4) is 0 Å². The molecule has 0 unspecified atom stereocenters. The Labute approximate surface area is 89.7 Å². The van der Waals surface area contributed by atoms with Crippen molar-refractivity contribution in [2.45, 2.75) is 31.8 Å². The second-order valence-electron chi connectivity index (χ2n) is 4.14. The molecule has 1 aliphatic carbocycles. The van der Waals surface area contributed by atoms with Gasteiger partial charge in [0.05, 0.1) is 13.2 Å². The summed E-state index contributed by atoms with van der Waals surface area (Å²) in [7, 11) is 1.95. The highest BCUT2D eigenvalue weighted by Crippen LogP contribution is 2.25. The van der Waals surface area contributed by atoms with Crippen molar-refractivity contribution in [3.05, 3.63) is 12.2 Å². The number of aliphatic hydroxyl groups excluding tert-OH is 1. The van der Waals surface area contributed by atoms with E-state index in [2.05, 4.69) is 15.1 Å². The summed E-state index contributed by atoms with van der Waals surface area (Å²) >= 11 is 0. The number of hydrogen-bond donors (Lipinski definition) is 1. The molecule has 0 saturated heterocycles. The quantitative estimate of drug-likeness (QED) is 0.752. The highest BCUT2D eigenvalue weighted by molar-refractivity contribution is 4.88. The Morgan fingerprint density at radius 3 is 2.87 bits per heavy atom. The lowest BCUT2D eigenvalue weighted by atomic mass is 9.91. The van der Waals surface area contributed by atoms with Gasteiger partial charge in [0.1, 0.15) is 12.2 Å². The topological polar surface area (TPSA) is 54.2 Å². The maximum absolute atomic E-state index is 9.02. The summed E-state index contributed by atoms with van der Waals surface area (Å²) in [5.41, 5.74) is 0. The van der Waals surface area contributed by atoms with E-state index in [1.165, 1.54) is 19.3 Å². The molecule has 1 aromatic rings. The van der Waals surface area contributed by atoms with E-state index in [0.717, 1.165) is 18.9 Å². The molecule has 15 heavy (non-hydrogen) atoms. The molecule has 1 fully saturated rings. The van der Waals surface area contributed by atoms with Crippen LogP contribution >= 0.6 is 0 Å². The van der Waals surface area contributed by atoms with Crippen LogP contribution in [0.15, 0.2) is 6.33 Å². The summed E-state index contributed by atoms with van der Waals surface area (Å²) in [6.45, 7) is 1.74. The van der Waals surface area contributed by atoms with Crippen molar-refractivity contribution in [3.8, 4) is 0 Å². The van der Waals surface area contributed by atoms with E-state index in [-0.39, 0.29) is 6.61 Å². The van der Waals surface area contributed by atoms with Crippen molar-refractivity contribution < 1.29 is 5.11 Å². The van der Waals surface area contributed by atoms with Crippen LogP contribution in [-0.4, -0.2) is 44.0 Å². The summed E-state index contributed by atoms with van der Waals surface area (Å²) in [6, 6.07) is 0.633. The maximum Gasteiger partial charge on any atom is 0.146 e. The van der Waals surface area contributed by atoms with E-state index in [1.807, 2.05) is 11.6 Å². The molecule has 1 heterocycles. The molecule has 0 aromatic carbocycles. The Kier molecular flexibility index (Phi) is 3.33. The Hall–Kier alpha value is -0.940. The lowest BCUT2D eigenvalue weighted by Crippen LogP contribution is -2.41. The van der Waals surface area contributed by atoms with Crippen LogP contribution in [-0.2, 0) is 13.6 Å². The molecular weight excluding hydrogens is 192 g/mol. The first-order valence-corrected chi connectivity index (χ1v) is 5.49. The zero-order valence-electron chi connectivity index (χ0n) is 9.13. The van der Waals surface area contributed by atoms with Gasteiger partial charge < -0.3 is 9.67 Å². The SMILES string of the molecule is Cn1cnnc1CN(CCO)C1CCC1. The van der Waals surface area contributed by atoms with Gasteiger partial charge in [-0.25, -0.2) is 0 Å². The number of hydrogen-bond acceptors (Lipinski definition) is 4. The van der Waals surface area contributed by atoms with E-state index in [9.17, 15) is 0 Å². The van der Waals surface area contributed by atoms with E-state index >= 15 is 0 Å². The third kappa shape index (κ3) is 2.35. The van der Waals surface area contributed by atoms with Crippen molar-refractivity contribution in [1.29, 1.82) is 0 Å². The first kappa shape index (κ1) is 10.6. The van der Waals surface area contributed by atoms with E-state index in [0.29, 0.717) is 6.04 Å². The molecule has 1 N–H and O–H groups in total. The normalized spacial score (nSPS) is 17.0. The van der Waals surface area contributed by atoms with E-state index in [1.54, 1.807) is 6.33 Å². The Morgan fingerprint density at radius 1 is 1.60 bits per heavy atom. The molecule has 1 saturated carbocycles. The number of aliphatic hydroxyl groups is 1. The molecule has 0 bridgehead atoms. The average molecular weight is 210 g/mol. The Morgan fingerprint density at radius 2 is 2.40 bits per heavy atom. The molecule has 5 heteroatoms. The van der Waals surface area contributed by atoms with Crippen molar-refractivity contribution in [3.63, 3.8) is 0 Å². The first-order chi connectivity index (χ1) is 7.31. The molecule has 0 atom stereocenters. The Bertz CT molecular complexity index is 308. The van der Waals surface area contributed by atoms with Gasteiger partial charge in [-0.3, -0.25) is 4.90 Å². The largest absolute Gasteiger partial charge is 0.395 e. The highest BCUT2D eigenvalue weighted by Gasteiger charge is 2.25. The van der Waals surface area contributed by atoms with Gasteiger partial charge in [0.15, 0.2) is 0 Å².